The van der Waals surface area contributed by atoms with Crippen LogP contribution in [-0.4, -0.2) is 31.3 Å². The molecule has 110 valence electrons. The molecule has 1 unspecified atom stereocenters. The quantitative estimate of drug-likeness (QED) is 0.754. The Kier molecular flexibility index (Phi) is 5.20. The molecule has 0 heterocycles. The van der Waals surface area contributed by atoms with E-state index in [1.54, 1.807) is 0 Å². The molecular formula is C12H13F2NO4S. The highest BCUT2D eigenvalue weighted by molar-refractivity contribution is 7.91. The number of nitrogens with one attached hydrogen (secondary N) is 1. The summed E-state index contributed by atoms with van der Waals surface area (Å²) in [6.45, 7) is 3.38. The second-order valence-electron chi connectivity index (χ2n) is 3.86. The molecule has 0 fully saturated rings. The largest absolute Gasteiger partial charge is 0.480 e. The molecule has 5 nitrogen and oxygen atoms in total. The minimum absolute atomic E-state index is 0.0123. The molecule has 0 amide bonds. The molecule has 0 aliphatic heterocycles. The first-order valence-corrected chi connectivity index (χ1v) is 7.06. The van der Waals surface area contributed by atoms with E-state index in [0.717, 1.165) is 6.07 Å². The summed E-state index contributed by atoms with van der Waals surface area (Å²) >= 11 is 0. The lowest BCUT2D eigenvalue weighted by atomic mass is 10.2. The molecule has 0 saturated heterocycles. The molecule has 0 spiro atoms. The molecule has 2 N–H and O–H groups in total. The number of benzene rings is 1. The highest BCUT2D eigenvalue weighted by atomic mass is 32.2. The van der Waals surface area contributed by atoms with Gasteiger partial charge >= 0.3 is 11.7 Å². The van der Waals surface area contributed by atoms with Crippen LogP contribution < -0.4 is 5.32 Å². The third kappa shape index (κ3) is 3.53. The SMILES string of the molecule is C=CCC(Nc1ccccc1S(=O)(=O)C(F)F)C(=O)O. The average molecular weight is 305 g/mol. The molecule has 8 heteroatoms. The number of aliphatic carboxylic acids is 1. The van der Waals surface area contributed by atoms with Gasteiger partial charge in [0, 0.05) is 0 Å². The average Bonchev–Trinajstić information content (AvgIpc) is 2.38. The highest BCUT2D eigenvalue weighted by Crippen LogP contribution is 2.26. The summed E-state index contributed by atoms with van der Waals surface area (Å²) in [5, 5.41) is 11.4. The van der Waals surface area contributed by atoms with Crippen LogP contribution in [0.25, 0.3) is 0 Å². The van der Waals surface area contributed by atoms with Gasteiger partial charge in [-0.05, 0) is 18.6 Å². The van der Waals surface area contributed by atoms with Crippen molar-refractivity contribution >= 4 is 21.5 Å². The number of halogens is 2. The second-order valence-corrected chi connectivity index (χ2v) is 5.75. The fourth-order valence-corrected chi connectivity index (χ4v) is 2.40. The van der Waals surface area contributed by atoms with Gasteiger partial charge in [0.2, 0.25) is 9.84 Å². The lowest BCUT2D eigenvalue weighted by Gasteiger charge is -2.17. The molecule has 0 radical (unpaired) electrons. The monoisotopic (exact) mass is 305 g/mol. The van der Waals surface area contributed by atoms with E-state index < -0.39 is 32.5 Å². The number of carbonyl (C=O) groups is 1. The van der Waals surface area contributed by atoms with E-state index in [1.165, 1.54) is 24.3 Å². The molecule has 0 aromatic heterocycles. The van der Waals surface area contributed by atoms with Crippen molar-refractivity contribution in [3.05, 3.63) is 36.9 Å². The van der Waals surface area contributed by atoms with E-state index in [-0.39, 0.29) is 12.1 Å². The Morgan fingerprint density at radius 3 is 2.50 bits per heavy atom. The van der Waals surface area contributed by atoms with E-state index in [9.17, 15) is 22.0 Å². The Morgan fingerprint density at radius 1 is 1.40 bits per heavy atom. The van der Waals surface area contributed by atoms with Crippen molar-refractivity contribution in [2.24, 2.45) is 0 Å². The molecule has 1 rings (SSSR count). The van der Waals surface area contributed by atoms with Crippen molar-refractivity contribution in [3.63, 3.8) is 0 Å². The lowest BCUT2D eigenvalue weighted by Crippen LogP contribution is -2.29. The normalized spacial score (nSPS) is 12.9. The van der Waals surface area contributed by atoms with Gasteiger partial charge < -0.3 is 10.4 Å². The maximum atomic E-state index is 12.6. The number of hydrogen-bond donors (Lipinski definition) is 2. The van der Waals surface area contributed by atoms with Crippen LogP contribution in [0.5, 0.6) is 0 Å². The molecule has 1 aromatic rings. The van der Waals surface area contributed by atoms with Crippen molar-refractivity contribution in [3.8, 4) is 0 Å². The number of para-hydroxylation sites is 1. The number of carboxylic acid groups (broad SMARTS) is 1. The Morgan fingerprint density at radius 2 is 2.00 bits per heavy atom. The van der Waals surface area contributed by atoms with Crippen molar-refractivity contribution in [1.29, 1.82) is 0 Å². The summed E-state index contributed by atoms with van der Waals surface area (Å²) in [4.78, 5) is 10.3. The number of hydrogen-bond acceptors (Lipinski definition) is 4. The van der Waals surface area contributed by atoms with Crippen molar-refractivity contribution in [2.45, 2.75) is 23.1 Å². The summed E-state index contributed by atoms with van der Waals surface area (Å²) in [5.41, 5.74) is -0.179. The zero-order chi connectivity index (χ0) is 15.3. The van der Waals surface area contributed by atoms with E-state index in [2.05, 4.69) is 11.9 Å². The topological polar surface area (TPSA) is 83.5 Å². The Bertz CT molecular complexity index is 601. The van der Waals surface area contributed by atoms with Crippen LogP contribution in [0, 0.1) is 0 Å². The standard InChI is InChI=1S/C12H13F2NO4S/c1-2-5-9(11(16)17)15-8-6-3-4-7-10(8)20(18,19)12(13)14/h2-4,6-7,9,12,15H,1,5H2,(H,16,17). The lowest BCUT2D eigenvalue weighted by molar-refractivity contribution is -0.137. The predicted molar refractivity (Wildman–Crippen MR) is 69.5 cm³/mol. The van der Waals surface area contributed by atoms with Gasteiger partial charge in [0.1, 0.15) is 6.04 Å². The first-order valence-electron chi connectivity index (χ1n) is 5.52. The smallest absolute Gasteiger partial charge is 0.341 e. The maximum absolute atomic E-state index is 12.6. The summed E-state index contributed by atoms with van der Waals surface area (Å²) in [5.74, 6) is -4.82. The Labute approximate surface area is 114 Å². The van der Waals surface area contributed by atoms with Crippen molar-refractivity contribution in [2.75, 3.05) is 5.32 Å². The molecule has 0 saturated carbocycles. The van der Waals surface area contributed by atoms with Crippen molar-refractivity contribution in [1.82, 2.24) is 0 Å². The molecule has 1 aromatic carbocycles. The molecule has 0 aliphatic rings. The number of rotatable bonds is 7. The van der Waals surface area contributed by atoms with Gasteiger partial charge in [0.05, 0.1) is 10.6 Å². The number of sulfone groups is 1. The first-order chi connectivity index (χ1) is 9.30. The van der Waals surface area contributed by atoms with Crippen LogP contribution >= 0.6 is 0 Å². The molecule has 20 heavy (non-hydrogen) atoms. The third-order valence-electron chi connectivity index (χ3n) is 2.46. The van der Waals surface area contributed by atoms with Crippen LogP contribution in [-0.2, 0) is 14.6 Å². The van der Waals surface area contributed by atoms with Crippen molar-refractivity contribution < 1.29 is 27.1 Å². The Hall–Kier alpha value is -1.96. The number of carboxylic acids is 1. The van der Waals surface area contributed by atoms with E-state index >= 15 is 0 Å². The van der Waals surface area contributed by atoms with Gasteiger partial charge in [0.25, 0.3) is 0 Å². The zero-order valence-electron chi connectivity index (χ0n) is 10.3. The van der Waals surface area contributed by atoms with Gasteiger partial charge in [0.15, 0.2) is 0 Å². The van der Waals surface area contributed by atoms with Gasteiger partial charge in [-0.15, -0.1) is 6.58 Å². The van der Waals surface area contributed by atoms with Gasteiger partial charge in [-0.25, -0.2) is 13.2 Å². The van der Waals surface area contributed by atoms with Crippen LogP contribution in [0.4, 0.5) is 14.5 Å². The third-order valence-corrected chi connectivity index (χ3v) is 3.90. The second kappa shape index (κ2) is 6.47. The summed E-state index contributed by atoms with van der Waals surface area (Å²) in [6, 6.07) is 3.77. The predicted octanol–water partition coefficient (Wildman–Crippen LogP) is 2.12. The van der Waals surface area contributed by atoms with Gasteiger partial charge in [-0.2, -0.15) is 8.78 Å². The number of alkyl halides is 2. The molecule has 1 atom stereocenters. The molecule has 0 aliphatic carbocycles. The van der Waals surface area contributed by atoms with Gasteiger partial charge in [-0.1, -0.05) is 18.2 Å². The fraction of sp³-hybridized carbons (Fsp3) is 0.250. The summed E-state index contributed by atoms with van der Waals surface area (Å²) in [7, 11) is -4.81. The summed E-state index contributed by atoms with van der Waals surface area (Å²) in [6.07, 6.45) is 1.34. The first kappa shape index (κ1) is 16.1. The zero-order valence-corrected chi connectivity index (χ0v) is 11.1. The minimum atomic E-state index is -4.81. The highest BCUT2D eigenvalue weighted by Gasteiger charge is 2.30. The van der Waals surface area contributed by atoms with Crippen LogP contribution in [0.15, 0.2) is 41.8 Å². The van der Waals surface area contributed by atoms with Crippen LogP contribution in [0.2, 0.25) is 0 Å². The van der Waals surface area contributed by atoms with E-state index in [4.69, 9.17) is 5.11 Å². The number of anilines is 1. The maximum Gasteiger partial charge on any atom is 0.341 e. The fourth-order valence-electron chi connectivity index (χ4n) is 1.51. The molecule has 0 bridgehead atoms. The van der Waals surface area contributed by atoms with Crippen LogP contribution in [0.1, 0.15) is 6.42 Å². The van der Waals surface area contributed by atoms with E-state index in [1.807, 2.05) is 0 Å². The summed E-state index contributed by atoms with van der Waals surface area (Å²) < 4.78 is 48.2. The van der Waals surface area contributed by atoms with Gasteiger partial charge in [-0.3, -0.25) is 0 Å². The minimum Gasteiger partial charge on any atom is -0.480 e. The van der Waals surface area contributed by atoms with Crippen LogP contribution in [0.3, 0.4) is 0 Å². The molecular weight excluding hydrogens is 292 g/mol. The Balaban J connectivity index is 3.20. The van der Waals surface area contributed by atoms with E-state index in [0.29, 0.717) is 0 Å².